The van der Waals surface area contributed by atoms with E-state index in [-0.39, 0.29) is 0 Å². The molecule has 0 aliphatic carbocycles. The van der Waals surface area contributed by atoms with Gasteiger partial charge in [-0.25, -0.2) is 9.59 Å². The standard InChI is InChI=1S/C17H19NO4/c1-3-4-8-13-11-18(12-15(13)16(19)21-2)17(20)22-14-9-6-5-7-10-14/h5-7,9-12H,3-4,8H2,1-2H3. The maximum absolute atomic E-state index is 12.2. The molecule has 0 spiro atoms. The van der Waals surface area contributed by atoms with Gasteiger partial charge in [-0.2, -0.15) is 0 Å². The van der Waals surface area contributed by atoms with Crippen molar-refractivity contribution in [2.45, 2.75) is 26.2 Å². The molecular weight excluding hydrogens is 282 g/mol. The number of carbonyl (C=O) groups excluding carboxylic acids is 2. The molecule has 0 saturated carbocycles. The summed E-state index contributed by atoms with van der Waals surface area (Å²) in [6, 6.07) is 8.79. The molecule has 2 rings (SSSR count). The average Bonchev–Trinajstić information content (AvgIpc) is 2.97. The number of aryl methyl sites for hydroxylation is 1. The molecule has 0 atom stereocenters. The van der Waals surface area contributed by atoms with Crippen LogP contribution in [0.25, 0.3) is 0 Å². The zero-order valence-corrected chi connectivity index (χ0v) is 12.7. The molecule has 2 aromatic rings. The quantitative estimate of drug-likeness (QED) is 0.791. The Morgan fingerprint density at radius 2 is 1.86 bits per heavy atom. The van der Waals surface area contributed by atoms with Crippen LogP contribution in [-0.4, -0.2) is 23.7 Å². The molecule has 5 nitrogen and oxygen atoms in total. The van der Waals surface area contributed by atoms with Crippen LogP contribution in [-0.2, 0) is 11.2 Å². The van der Waals surface area contributed by atoms with Gasteiger partial charge in [-0.3, -0.25) is 4.57 Å². The van der Waals surface area contributed by atoms with Crippen molar-refractivity contribution in [3.63, 3.8) is 0 Å². The van der Waals surface area contributed by atoms with E-state index in [0.29, 0.717) is 17.7 Å². The summed E-state index contributed by atoms with van der Waals surface area (Å²) < 4.78 is 11.3. The third-order valence-electron chi connectivity index (χ3n) is 3.27. The summed E-state index contributed by atoms with van der Waals surface area (Å²) in [5, 5.41) is 0. The van der Waals surface area contributed by atoms with Crippen LogP contribution in [0.15, 0.2) is 42.7 Å². The van der Waals surface area contributed by atoms with Crippen LogP contribution in [0.2, 0.25) is 0 Å². The molecule has 0 N–H and O–H groups in total. The van der Waals surface area contributed by atoms with E-state index in [1.54, 1.807) is 30.5 Å². The van der Waals surface area contributed by atoms with Crippen molar-refractivity contribution in [2.75, 3.05) is 7.11 Å². The van der Waals surface area contributed by atoms with Crippen LogP contribution < -0.4 is 4.74 Å². The van der Waals surface area contributed by atoms with Gasteiger partial charge in [0.15, 0.2) is 0 Å². The summed E-state index contributed by atoms with van der Waals surface area (Å²) in [5.41, 5.74) is 1.19. The van der Waals surface area contributed by atoms with Gasteiger partial charge in [0, 0.05) is 12.4 Å². The second kappa shape index (κ2) is 7.45. The summed E-state index contributed by atoms with van der Waals surface area (Å²) in [7, 11) is 1.32. The minimum absolute atomic E-state index is 0.404. The average molecular weight is 301 g/mol. The molecule has 0 saturated heterocycles. The number of rotatable bonds is 5. The van der Waals surface area contributed by atoms with E-state index in [0.717, 1.165) is 18.4 Å². The van der Waals surface area contributed by atoms with E-state index < -0.39 is 12.1 Å². The molecule has 0 aliphatic rings. The first-order chi connectivity index (χ1) is 10.7. The predicted molar refractivity (Wildman–Crippen MR) is 82.2 cm³/mol. The maximum Gasteiger partial charge on any atom is 0.423 e. The molecule has 116 valence electrons. The van der Waals surface area contributed by atoms with E-state index in [1.165, 1.54) is 17.9 Å². The van der Waals surface area contributed by atoms with Gasteiger partial charge >= 0.3 is 12.1 Å². The summed E-state index contributed by atoms with van der Waals surface area (Å²) in [6.45, 7) is 2.07. The second-order valence-corrected chi connectivity index (χ2v) is 4.88. The lowest BCUT2D eigenvalue weighted by molar-refractivity contribution is 0.0599. The Kier molecular flexibility index (Phi) is 5.36. The summed E-state index contributed by atoms with van der Waals surface area (Å²) in [4.78, 5) is 24.0. The number of methoxy groups -OCH3 is 1. The van der Waals surface area contributed by atoms with Crippen molar-refractivity contribution in [3.8, 4) is 5.75 Å². The fourth-order valence-electron chi connectivity index (χ4n) is 2.10. The van der Waals surface area contributed by atoms with Gasteiger partial charge in [0.05, 0.1) is 12.7 Å². The highest BCUT2D eigenvalue weighted by Crippen LogP contribution is 2.17. The fraction of sp³-hybridized carbons (Fsp3) is 0.294. The monoisotopic (exact) mass is 301 g/mol. The molecule has 0 bridgehead atoms. The Morgan fingerprint density at radius 1 is 1.14 bits per heavy atom. The van der Waals surface area contributed by atoms with Gasteiger partial charge in [-0.1, -0.05) is 31.5 Å². The Hall–Kier alpha value is -2.56. The van der Waals surface area contributed by atoms with E-state index in [1.807, 2.05) is 6.07 Å². The lowest BCUT2D eigenvalue weighted by atomic mass is 10.1. The number of ether oxygens (including phenoxy) is 2. The lowest BCUT2D eigenvalue weighted by Crippen LogP contribution is -2.15. The number of para-hydroxylation sites is 1. The maximum atomic E-state index is 12.2. The molecule has 0 fully saturated rings. The smallest absolute Gasteiger partial charge is 0.423 e. The van der Waals surface area contributed by atoms with Crippen molar-refractivity contribution < 1.29 is 19.1 Å². The number of carbonyl (C=O) groups is 2. The van der Waals surface area contributed by atoms with Crippen LogP contribution in [0, 0.1) is 0 Å². The zero-order chi connectivity index (χ0) is 15.9. The van der Waals surface area contributed by atoms with Crippen LogP contribution in [0.3, 0.4) is 0 Å². The molecule has 1 heterocycles. The number of benzene rings is 1. The molecule has 5 heteroatoms. The van der Waals surface area contributed by atoms with Crippen molar-refractivity contribution in [3.05, 3.63) is 53.9 Å². The fourth-order valence-corrected chi connectivity index (χ4v) is 2.10. The van der Waals surface area contributed by atoms with Gasteiger partial charge in [0.1, 0.15) is 5.75 Å². The summed E-state index contributed by atoms with van der Waals surface area (Å²) in [6.07, 6.45) is 5.18. The van der Waals surface area contributed by atoms with Crippen LogP contribution in [0.1, 0.15) is 35.7 Å². The van der Waals surface area contributed by atoms with E-state index in [4.69, 9.17) is 9.47 Å². The van der Waals surface area contributed by atoms with Crippen molar-refractivity contribution in [2.24, 2.45) is 0 Å². The van der Waals surface area contributed by atoms with Gasteiger partial charge in [-0.15, -0.1) is 0 Å². The third-order valence-corrected chi connectivity index (χ3v) is 3.27. The zero-order valence-electron chi connectivity index (χ0n) is 12.7. The molecule has 22 heavy (non-hydrogen) atoms. The number of nitrogens with zero attached hydrogens (tertiary/aromatic N) is 1. The first kappa shape index (κ1) is 15.8. The topological polar surface area (TPSA) is 57.5 Å². The SMILES string of the molecule is CCCCc1cn(C(=O)Oc2ccccc2)cc1C(=O)OC. The Balaban J connectivity index is 2.21. The predicted octanol–water partition coefficient (Wildman–Crippen LogP) is 3.66. The first-order valence-electron chi connectivity index (χ1n) is 7.22. The van der Waals surface area contributed by atoms with E-state index >= 15 is 0 Å². The van der Waals surface area contributed by atoms with Crippen LogP contribution in [0.4, 0.5) is 4.79 Å². The van der Waals surface area contributed by atoms with Crippen molar-refractivity contribution >= 4 is 12.1 Å². The highest BCUT2D eigenvalue weighted by Gasteiger charge is 2.18. The van der Waals surface area contributed by atoms with Gasteiger partial charge in [-0.05, 0) is 30.5 Å². The highest BCUT2D eigenvalue weighted by molar-refractivity contribution is 5.92. The van der Waals surface area contributed by atoms with Crippen molar-refractivity contribution in [1.82, 2.24) is 4.57 Å². The normalized spacial score (nSPS) is 10.3. The van der Waals surface area contributed by atoms with E-state index in [9.17, 15) is 9.59 Å². The number of hydrogen-bond acceptors (Lipinski definition) is 4. The second-order valence-electron chi connectivity index (χ2n) is 4.88. The van der Waals surface area contributed by atoms with Gasteiger partial charge in [0.2, 0.25) is 0 Å². The summed E-state index contributed by atoms with van der Waals surface area (Å²) in [5.74, 6) is 0.00768. The molecular formula is C17H19NO4. The van der Waals surface area contributed by atoms with Gasteiger partial charge < -0.3 is 9.47 Å². The largest absolute Gasteiger partial charge is 0.465 e. The highest BCUT2D eigenvalue weighted by atomic mass is 16.6. The molecule has 0 aliphatic heterocycles. The molecule has 1 aromatic heterocycles. The lowest BCUT2D eigenvalue weighted by Gasteiger charge is -2.03. The molecule has 0 unspecified atom stereocenters. The van der Waals surface area contributed by atoms with Crippen LogP contribution in [0.5, 0.6) is 5.75 Å². The molecule has 0 amide bonds. The van der Waals surface area contributed by atoms with Crippen LogP contribution >= 0.6 is 0 Å². The Labute approximate surface area is 129 Å². The van der Waals surface area contributed by atoms with Crippen molar-refractivity contribution in [1.29, 1.82) is 0 Å². The molecule has 0 radical (unpaired) electrons. The van der Waals surface area contributed by atoms with Gasteiger partial charge in [0.25, 0.3) is 0 Å². The Morgan fingerprint density at radius 3 is 2.50 bits per heavy atom. The minimum atomic E-state index is -0.556. The number of esters is 1. The van der Waals surface area contributed by atoms with E-state index in [2.05, 4.69) is 6.92 Å². The summed E-state index contributed by atoms with van der Waals surface area (Å²) >= 11 is 0. The number of aromatic nitrogens is 1. The first-order valence-corrected chi connectivity index (χ1v) is 7.22. The third kappa shape index (κ3) is 3.75. The minimum Gasteiger partial charge on any atom is -0.465 e. The molecule has 1 aromatic carbocycles. The number of hydrogen-bond donors (Lipinski definition) is 0. The number of unbranched alkanes of at least 4 members (excludes halogenated alkanes) is 1. The Bertz CT molecular complexity index is 646.